The molecular weight excluding hydrogens is 471 g/mol. The molecule has 1 aliphatic heterocycles. The van der Waals surface area contributed by atoms with Crippen molar-refractivity contribution in [3.8, 4) is 5.75 Å². The molecule has 0 unspecified atom stereocenters. The minimum Gasteiger partial charge on any atom is -0.494 e. The van der Waals surface area contributed by atoms with Gasteiger partial charge < -0.3 is 25.2 Å². The van der Waals surface area contributed by atoms with Crippen LogP contribution in [0.1, 0.15) is 35.3 Å². The Hall–Kier alpha value is -4.14. The van der Waals surface area contributed by atoms with Gasteiger partial charge in [-0.2, -0.15) is 0 Å². The molecule has 1 aromatic heterocycles. The molecule has 4 rings (SSSR count). The summed E-state index contributed by atoms with van der Waals surface area (Å²) in [5.74, 6) is -0.224. The number of hydrogen-bond donors (Lipinski definition) is 2. The maximum Gasteiger partial charge on any atom is 0.251 e. The van der Waals surface area contributed by atoms with Crippen LogP contribution in [0.3, 0.4) is 0 Å². The molecule has 3 aromatic rings. The van der Waals surface area contributed by atoms with E-state index in [9.17, 15) is 9.18 Å². The molecule has 0 spiro atoms. The number of carbonyl (C=O) groups excluding carboxylic acids is 1. The molecule has 0 atom stereocenters. The number of halogens is 1. The molecule has 37 heavy (non-hydrogen) atoms. The molecule has 1 aliphatic rings. The van der Waals surface area contributed by atoms with Gasteiger partial charge >= 0.3 is 0 Å². The SMILES string of the molecule is CCN1CCN(c2ccc(Nc3ncc(CCc4cc(C(=O)NC)cc(OC)c4F)cn3)cc2)C=C1C. The number of aromatic nitrogens is 2. The van der Waals surface area contributed by atoms with Crippen molar-refractivity contribution in [3.05, 3.63) is 83.2 Å². The lowest BCUT2D eigenvalue weighted by atomic mass is 10.0. The zero-order valence-electron chi connectivity index (χ0n) is 21.7. The largest absolute Gasteiger partial charge is 0.494 e. The van der Waals surface area contributed by atoms with Gasteiger partial charge in [-0.25, -0.2) is 14.4 Å². The number of aryl methyl sites for hydroxylation is 2. The number of rotatable bonds is 9. The van der Waals surface area contributed by atoms with Crippen molar-refractivity contribution in [1.82, 2.24) is 20.2 Å². The van der Waals surface area contributed by atoms with E-state index >= 15 is 0 Å². The van der Waals surface area contributed by atoms with Crippen LogP contribution in [0.25, 0.3) is 0 Å². The van der Waals surface area contributed by atoms with Gasteiger partial charge in [0, 0.05) is 67.9 Å². The molecule has 2 aromatic carbocycles. The van der Waals surface area contributed by atoms with Gasteiger partial charge in [0.05, 0.1) is 7.11 Å². The van der Waals surface area contributed by atoms with E-state index in [1.165, 1.54) is 25.9 Å². The van der Waals surface area contributed by atoms with Gasteiger partial charge in [-0.05, 0) is 74.2 Å². The Kier molecular flexibility index (Phi) is 8.22. The molecule has 0 fully saturated rings. The molecule has 1 amide bonds. The van der Waals surface area contributed by atoms with Gasteiger partial charge in [0.2, 0.25) is 5.95 Å². The van der Waals surface area contributed by atoms with Gasteiger partial charge in [0.25, 0.3) is 5.91 Å². The van der Waals surface area contributed by atoms with Gasteiger partial charge in [-0.1, -0.05) is 0 Å². The van der Waals surface area contributed by atoms with Crippen molar-refractivity contribution in [2.24, 2.45) is 0 Å². The number of anilines is 3. The second kappa shape index (κ2) is 11.7. The first-order chi connectivity index (χ1) is 17.9. The summed E-state index contributed by atoms with van der Waals surface area (Å²) in [4.78, 5) is 25.5. The summed E-state index contributed by atoms with van der Waals surface area (Å²) in [6.07, 6.45) is 6.54. The average Bonchev–Trinajstić information content (AvgIpc) is 2.93. The number of methoxy groups -OCH3 is 1. The van der Waals surface area contributed by atoms with E-state index in [-0.39, 0.29) is 11.7 Å². The summed E-state index contributed by atoms with van der Waals surface area (Å²) in [5, 5.41) is 5.78. The van der Waals surface area contributed by atoms with Crippen LogP contribution < -0.4 is 20.3 Å². The van der Waals surface area contributed by atoms with Crippen molar-refractivity contribution < 1.29 is 13.9 Å². The fourth-order valence-corrected chi connectivity index (χ4v) is 4.34. The lowest BCUT2D eigenvalue weighted by Crippen LogP contribution is -2.37. The van der Waals surface area contributed by atoms with Crippen LogP contribution in [0, 0.1) is 5.82 Å². The Balaban J connectivity index is 1.37. The Morgan fingerprint density at radius 3 is 2.46 bits per heavy atom. The highest BCUT2D eigenvalue weighted by atomic mass is 19.1. The second-order valence-electron chi connectivity index (χ2n) is 8.86. The van der Waals surface area contributed by atoms with E-state index in [1.807, 2.05) is 12.1 Å². The van der Waals surface area contributed by atoms with Crippen molar-refractivity contribution in [3.63, 3.8) is 0 Å². The van der Waals surface area contributed by atoms with Gasteiger partial charge in [0.15, 0.2) is 11.6 Å². The normalized spacial score (nSPS) is 13.3. The standard InChI is InChI=1S/C28H33FN6O2/c1-5-34-12-13-35(18-19(34)2)24-10-8-23(9-11-24)33-28-31-16-20(17-32-28)6-7-21-14-22(27(36)30-3)15-25(37-4)26(21)29/h8-11,14-18H,5-7,12-13H2,1-4H3,(H,30,36)(H,31,32,33). The number of nitrogens with one attached hydrogen (secondary N) is 2. The summed E-state index contributed by atoms with van der Waals surface area (Å²) in [5.41, 5.74) is 4.92. The number of likely N-dealkylation sites (N-methyl/N-ethyl adjacent to an activating group) is 1. The van der Waals surface area contributed by atoms with Crippen molar-refractivity contribution in [1.29, 1.82) is 0 Å². The first-order valence-corrected chi connectivity index (χ1v) is 12.4. The van der Waals surface area contributed by atoms with Crippen LogP contribution in [0.4, 0.5) is 21.7 Å². The summed E-state index contributed by atoms with van der Waals surface area (Å²) in [7, 11) is 2.92. The highest BCUT2D eigenvalue weighted by Gasteiger charge is 2.16. The van der Waals surface area contributed by atoms with E-state index in [2.05, 4.69) is 62.6 Å². The second-order valence-corrected chi connectivity index (χ2v) is 8.86. The fourth-order valence-electron chi connectivity index (χ4n) is 4.34. The quantitative estimate of drug-likeness (QED) is 0.444. The Bertz CT molecular complexity index is 1260. The van der Waals surface area contributed by atoms with E-state index in [0.717, 1.165) is 36.6 Å². The minimum atomic E-state index is -0.462. The Morgan fingerprint density at radius 1 is 1.11 bits per heavy atom. The maximum absolute atomic E-state index is 14.7. The molecule has 9 heteroatoms. The molecule has 0 saturated carbocycles. The van der Waals surface area contributed by atoms with Crippen molar-refractivity contribution in [2.75, 3.05) is 44.0 Å². The number of allylic oxidation sites excluding steroid dienone is 1. The summed E-state index contributed by atoms with van der Waals surface area (Å²) in [6, 6.07) is 11.1. The molecule has 194 valence electrons. The fraction of sp³-hybridized carbons (Fsp3) is 0.321. The zero-order chi connectivity index (χ0) is 26.4. The van der Waals surface area contributed by atoms with Crippen LogP contribution in [0.2, 0.25) is 0 Å². The number of hydrogen-bond acceptors (Lipinski definition) is 7. The van der Waals surface area contributed by atoms with E-state index in [4.69, 9.17) is 4.74 Å². The predicted molar refractivity (Wildman–Crippen MR) is 144 cm³/mol. The first kappa shape index (κ1) is 25.9. The highest BCUT2D eigenvalue weighted by Crippen LogP contribution is 2.25. The highest BCUT2D eigenvalue weighted by molar-refractivity contribution is 5.94. The van der Waals surface area contributed by atoms with Gasteiger partial charge in [-0.3, -0.25) is 4.79 Å². The monoisotopic (exact) mass is 504 g/mol. The molecule has 8 nitrogen and oxygen atoms in total. The predicted octanol–water partition coefficient (Wildman–Crippen LogP) is 4.52. The number of amides is 1. The summed E-state index contributed by atoms with van der Waals surface area (Å²) >= 11 is 0. The number of carbonyl (C=O) groups is 1. The zero-order valence-corrected chi connectivity index (χ0v) is 21.7. The van der Waals surface area contributed by atoms with E-state index in [1.54, 1.807) is 18.5 Å². The molecule has 2 N–H and O–H groups in total. The van der Waals surface area contributed by atoms with Crippen molar-refractivity contribution in [2.45, 2.75) is 26.7 Å². The van der Waals surface area contributed by atoms with E-state index in [0.29, 0.717) is 29.9 Å². The molecule has 0 radical (unpaired) electrons. The first-order valence-electron chi connectivity index (χ1n) is 12.4. The number of nitrogens with zero attached hydrogens (tertiary/aromatic N) is 4. The third-order valence-corrected chi connectivity index (χ3v) is 6.50. The Labute approximate surface area is 217 Å². The van der Waals surface area contributed by atoms with Gasteiger partial charge in [-0.15, -0.1) is 0 Å². The average molecular weight is 505 g/mol. The third-order valence-electron chi connectivity index (χ3n) is 6.50. The van der Waals surface area contributed by atoms with Crippen LogP contribution in [0.15, 0.2) is 60.7 Å². The lowest BCUT2D eigenvalue weighted by molar-refractivity contribution is 0.0962. The van der Waals surface area contributed by atoms with E-state index < -0.39 is 5.82 Å². The van der Waals surface area contributed by atoms with Gasteiger partial charge in [0.1, 0.15) is 0 Å². The Morgan fingerprint density at radius 2 is 1.84 bits per heavy atom. The minimum absolute atomic E-state index is 0.0484. The molecule has 0 bridgehead atoms. The van der Waals surface area contributed by atoms with Crippen LogP contribution in [-0.2, 0) is 12.8 Å². The molecule has 0 saturated heterocycles. The van der Waals surface area contributed by atoms with Crippen LogP contribution in [0.5, 0.6) is 5.75 Å². The topological polar surface area (TPSA) is 82.6 Å². The van der Waals surface area contributed by atoms with Crippen LogP contribution in [-0.4, -0.2) is 54.6 Å². The number of ether oxygens (including phenoxy) is 1. The van der Waals surface area contributed by atoms with Crippen molar-refractivity contribution >= 4 is 23.2 Å². The maximum atomic E-state index is 14.7. The third kappa shape index (κ3) is 6.17. The van der Waals surface area contributed by atoms with Crippen LogP contribution >= 0.6 is 0 Å². The number of benzene rings is 2. The molecular formula is C28H33FN6O2. The molecule has 0 aliphatic carbocycles. The summed E-state index contributed by atoms with van der Waals surface area (Å²) < 4.78 is 19.8. The molecule has 2 heterocycles. The summed E-state index contributed by atoms with van der Waals surface area (Å²) in [6.45, 7) is 7.30. The smallest absolute Gasteiger partial charge is 0.251 e. The lowest BCUT2D eigenvalue weighted by Gasteiger charge is -2.34.